The number of carbonyl (C=O) groups is 2. The largest absolute Gasteiger partial charge is 0.493 e. The number of hydrogen-bond acceptors (Lipinski definition) is 8. The zero-order valence-corrected chi connectivity index (χ0v) is 15.8. The van der Waals surface area contributed by atoms with Crippen molar-refractivity contribution < 1.29 is 37.1 Å². The number of nitrogens with zero attached hydrogens (tertiary/aromatic N) is 2. The minimum atomic E-state index is -4.36. The summed E-state index contributed by atoms with van der Waals surface area (Å²) in [5.41, 5.74) is 0.253. The van der Waals surface area contributed by atoms with Gasteiger partial charge in [0, 0.05) is 13.8 Å². The molecule has 0 amide bonds. The molecule has 1 aliphatic heterocycles. The Bertz CT molecular complexity index is 1090. The van der Waals surface area contributed by atoms with E-state index in [1.165, 1.54) is 26.0 Å². The Morgan fingerprint density at radius 2 is 1.64 bits per heavy atom. The van der Waals surface area contributed by atoms with Crippen molar-refractivity contribution in [2.75, 3.05) is 0 Å². The van der Waals surface area contributed by atoms with Crippen LogP contribution in [0.15, 0.2) is 34.7 Å². The van der Waals surface area contributed by atoms with Crippen LogP contribution in [0.4, 0.5) is 0 Å². The number of cyclic esters (lactones) is 2. The summed E-state index contributed by atoms with van der Waals surface area (Å²) >= 11 is 0. The lowest BCUT2D eigenvalue weighted by Gasteiger charge is -2.29. The number of hydrogen-bond donors (Lipinski definition) is 2. The Labute approximate surface area is 159 Å². The van der Waals surface area contributed by atoms with Crippen LogP contribution in [0.1, 0.15) is 25.1 Å². The number of esters is 2. The summed E-state index contributed by atoms with van der Waals surface area (Å²) < 4.78 is 42.4. The van der Waals surface area contributed by atoms with E-state index in [9.17, 15) is 23.1 Å². The molecule has 2 heterocycles. The van der Waals surface area contributed by atoms with Crippen LogP contribution < -0.4 is 0 Å². The molecule has 28 heavy (non-hydrogen) atoms. The maximum atomic E-state index is 12.1. The Morgan fingerprint density at radius 3 is 2.14 bits per heavy atom. The molecular formula is C17H16N2O8S. The lowest BCUT2D eigenvalue weighted by molar-refractivity contribution is -0.222. The molecule has 11 heteroatoms. The summed E-state index contributed by atoms with van der Waals surface area (Å²) in [6.07, 6.45) is 1.11. The Morgan fingerprint density at radius 1 is 1.11 bits per heavy atom. The van der Waals surface area contributed by atoms with Crippen molar-refractivity contribution in [1.29, 1.82) is 0 Å². The predicted molar refractivity (Wildman–Crippen MR) is 94.0 cm³/mol. The lowest BCUT2D eigenvalue weighted by Crippen LogP contribution is -2.41. The summed E-state index contributed by atoms with van der Waals surface area (Å²) in [5.74, 6) is -3.58. The van der Waals surface area contributed by atoms with Crippen molar-refractivity contribution >= 4 is 28.1 Å². The van der Waals surface area contributed by atoms with E-state index in [-0.39, 0.29) is 21.8 Å². The number of carbonyl (C=O) groups excluding carboxylic acids is 2. The van der Waals surface area contributed by atoms with Crippen molar-refractivity contribution in [3.05, 3.63) is 41.1 Å². The number of aromatic nitrogens is 2. The SMILES string of the molecule is Cc1nn(-c2ccc(S(=O)(=O)O)cc2)c(O)c1C=C1C(=O)OC(C)(C)OC1=O. The van der Waals surface area contributed by atoms with Crippen LogP contribution in [-0.4, -0.2) is 45.6 Å². The van der Waals surface area contributed by atoms with E-state index in [4.69, 9.17) is 14.0 Å². The molecule has 1 aromatic carbocycles. The maximum absolute atomic E-state index is 12.1. The summed E-state index contributed by atoms with van der Waals surface area (Å²) in [5, 5.41) is 14.6. The number of aromatic hydroxyl groups is 1. The topological polar surface area (TPSA) is 145 Å². The molecule has 148 valence electrons. The molecule has 0 atom stereocenters. The lowest BCUT2D eigenvalue weighted by atomic mass is 10.1. The first kappa shape index (κ1) is 19.6. The highest BCUT2D eigenvalue weighted by atomic mass is 32.2. The molecule has 0 unspecified atom stereocenters. The maximum Gasteiger partial charge on any atom is 0.348 e. The van der Waals surface area contributed by atoms with Gasteiger partial charge in [0.15, 0.2) is 0 Å². The second-order valence-corrected chi connectivity index (χ2v) is 7.86. The van der Waals surface area contributed by atoms with E-state index < -0.39 is 39.3 Å². The molecule has 0 bridgehead atoms. The van der Waals surface area contributed by atoms with Gasteiger partial charge in [-0.2, -0.15) is 13.5 Å². The van der Waals surface area contributed by atoms with E-state index in [0.717, 1.165) is 22.9 Å². The Balaban J connectivity index is 2.01. The van der Waals surface area contributed by atoms with Gasteiger partial charge in [-0.15, -0.1) is 0 Å². The highest BCUT2D eigenvalue weighted by molar-refractivity contribution is 7.85. The molecule has 0 radical (unpaired) electrons. The van der Waals surface area contributed by atoms with Gasteiger partial charge in [0.25, 0.3) is 15.9 Å². The van der Waals surface area contributed by atoms with Crippen LogP contribution in [-0.2, 0) is 29.2 Å². The molecule has 3 rings (SSSR count). The van der Waals surface area contributed by atoms with Gasteiger partial charge in [0.1, 0.15) is 5.57 Å². The van der Waals surface area contributed by atoms with E-state index in [0.29, 0.717) is 0 Å². The second-order valence-electron chi connectivity index (χ2n) is 6.44. The summed E-state index contributed by atoms with van der Waals surface area (Å²) in [7, 11) is -4.36. The molecule has 10 nitrogen and oxygen atoms in total. The summed E-state index contributed by atoms with van der Waals surface area (Å²) in [6, 6.07) is 4.91. The van der Waals surface area contributed by atoms with Gasteiger partial charge in [-0.3, -0.25) is 4.55 Å². The van der Waals surface area contributed by atoms with E-state index in [1.807, 2.05) is 0 Å². The van der Waals surface area contributed by atoms with Gasteiger partial charge in [-0.1, -0.05) is 0 Å². The Hall–Kier alpha value is -3.18. The Kier molecular flexibility index (Phi) is 4.52. The van der Waals surface area contributed by atoms with Crippen LogP contribution in [0, 0.1) is 6.92 Å². The first-order chi connectivity index (χ1) is 12.9. The van der Waals surface area contributed by atoms with Crippen molar-refractivity contribution in [1.82, 2.24) is 9.78 Å². The first-order valence-corrected chi connectivity index (χ1v) is 9.38. The van der Waals surface area contributed by atoms with Crippen LogP contribution >= 0.6 is 0 Å². The predicted octanol–water partition coefficient (Wildman–Crippen LogP) is 1.35. The zero-order chi connectivity index (χ0) is 20.9. The van der Waals surface area contributed by atoms with Crippen molar-refractivity contribution in [3.63, 3.8) is 0 Å². The minimum absolute atomic E-state index is 0.0856. The summed E-state index contributed by atoms with van der Waals surface area (Å²) in [4.78, 5) is 23.8. The standard InChI is InChI=1S/C17H16N2O8S/c1-9-12(8-13-15(21)26-17(2,3)27-16(13)22)14(20)19(18-9)10-4-6-11(7-5-10)28(23,24)25/h4-8,20H,1-3H3,(H,23,24,25). The number of rotatable bonds is 3. The molecule has 1 fully saturated rings. The molecule has 2 aromatic rings. The molecule has 0 spiro atoms. The monoisotopic (exact) mass is 408 g/mol. The fourth-order valence-electron chi connectivity index (χ4n) is 2.56. The third kappa shape index (κ3) is 3.62. The average molecular weight is 408 g/mol. The smallest absolute Gasteiger partial charge is 0.348 e. The molecule has 0 saturated carbocycles. The van der Waals surface area contributed by atoms with Gasteiger partial charge in [-0.25, -0.2) is 14.3 Å². The van der Waals surface area contributed by atoms with Crippen LogP contribution in [0.3, 0.4) is 0 Å². The van der Waals surface area contributed by atoms with Gasteiger partial charge >= 0.3 is 11.9 Å². The molecule has 2 N–H and O–H groups in total. The highest BCUT2D eigenvalue weighted by Crippen LogP contribution is 2.30. The second kappa shape index (κ2) is 6.46. The zero-order valence-electron chi connectivity index (χ0n) is 15.0. The van der Waals surface area contributed by atoms with Crippen molar-refractivity contribution in [2.45, 2.75) is 31.5 Å². The van der Waals surface area contributed by atoms with E-state index in [2.05, 4.69) is 5.10 Å². The van der Waals surface area contributed by atoms with E-state index >= 15 is 0 Å². The van der Waals surface area contributed by atoms with E-state index in [1.54, 1.807) is 6.92 Å². The molecule has 1 aliphatic rings. The highest BCUT2D eigenvalue weighted by Gasteiger charge is 2.39. The van der Waals surface area contributed by atoms with Crippen molar-refractivity contribution in [2.24, 2.45) is 0 Å². The molecule has 0 aliphatic carbocycles. The minimum Gasteiger partial charge on any atom is -0.493 e. The normalized spacial score (nSPS) is 16.5. The average Bonchev–Trinajstić information content (AvgIpc) is 2.84. The van der Waals surface area contributed by atoms with Crippen LogP contribution in [0.5, 0.6) is 5.88 Å². The fraction of sp³-hybridized carbons (Fsp3) is 0.235. The van der Waals surface area contributed by atoms with Crippen molar-refractivity contribution in [3.8, 4) is 11.6 Å². The first-order valence-electron chi connectivity index (χ1n) is 7.94. The quantitative estimate of drug-likeness (QED) is 0.333. The summed E-state index contributed by atoms with van der Waals surface area (Å²) in [6.45, 7) is 4.37. The number of benzene rings is 1. The third-order valence-corrected chi connectivity index (χ3v) is 4.73. The third-order valence-electron chi connectivity index (χ3n) is 3.87. The number of ether oxygens (including phenoxy) is 2. The molecule has 1 saturated heterocycles. The van der Waals surface area contributed by atoms with Crippen LogP contribution in [0.25, 0.3) is 11.8 Å². The van der Waals surface area contributed by atoms with Gasteiger partial charge in [0.2, 0.25) is 5.88 Å². The van der Waals surface area contributed by atoms with Gasteiger partial charge in [0.05, 0.1) is 21.8 Å². The molecule has 1 aromatic heterocycles. The van der Waals surface area contributed by atoms with Crippen LogP contribution in [0.2, 0.25) is 0 Å². The van der Waals surface area contributed by atoms with Gasteiger partial charge in [-0.05, 0) is 37.3 Å². The van der Waals surface area contributed by atoms with Gasteiger partial charge < -0.3 is 14.6 Å². The number of aryl methyl sites for hydroxylation is 1. The fourth-order valence-corrected chi connectivity index (χ4v) is 3.04. The molecular weight excluding hydrogens is 392 g/mol.